The van der Waals surface area contributed by atoms with E-state index in [0.29, 0.717) is 28.7 Å². The fourth-order valence-electron chi connectivity index (χ4n) is 2.35. The van der Waals surface area contributed by atoms with Crippen LogP contribution < -0.4 is 19.5 Å². The van der Waals surface area contributed by atoms with Gasteiger partial charge in [-0.05, 0) is 48.5 Å². The number of hydrogen-bond acceptors (Lipinski definition) is 5. The van der Waals surface area contributed by atoms with Crippen LogP contribution >= 0.6 is 0 Å². The number of anilines is 1. The van der Waals surface area contributed by atoms with Crippen LogP contribution in [0, 0.1) is 5.82 Å². The van der Waals surface area contributed by atoms with Gasteiger partial charge < -0.3 is 23.9 Å². The molecule has 0 aliphatic heterocycles. The summed E-state index contributed by atoms with van der Waals surface area (Å²) in [7, 11) is 3.05. The van der Waals surface area contributed by atoms with Crippen molar-refractivity contribution < 1.29 is 27.8 Å². The molecule has 2 aromatic carbocycles. The summed E-state index contributed by atoms with van der Waals surface area (Å²) in [4.78, 5) is 12.4. The monoisotopic (exact) mass is 371 g/mol. The molecule has 0 saturated heterocycles. The third kappa shape index (κ3) is 4.58. The maximum absolute atomic E-state index is 12.9. The first-order valence-electron chi connectivity index (χ1n) is 8.09. The molecule has 27 heavy (non-hydrogen) atoms. The van der Waals surface area contributed by atoms with Crippen LogP contribution in [-0.2, 0) is 6.61 Å². The maximum Gasteiger partial charge on any atom is 0.291 e. The van der Waals surface area contributed by atoms with Crippen molar-refractivity contribution in [3.8, 4) is 17.2 Å². The number of amides is 1. The molecule has 1 heterocycles. The number of halogens is 1. The summed E-state index contributed by atoms with van der Waals surface area (Å²) in [6.07, 6.45) is 0. The van der Waals surface area contributed by atoms with Crippen LogP contribution in [0.2, 0.25) is 0 Å². The van der Waals surface area contributed by atoms with E-state index in [4.69, 9.17) is 18.6 Å². The number of furan rings is 1. The van der Waals surface area contributed by atoms with Crippen LogP contribution in [0.25, 0.3) is 0 Å². The second-order valence-electron chi connectivity index (χ2n) is 5.53. The van der Waals surface area contributed by atoms with Crippen LogP contribution in [0.4, 0.5) is 10.1 Å². The van der Waals surface area contributed by atoms with Gasteiger partial charge in [-0.2, -0.15) is 0 Å². The van der Waals surface area contributed by atoms with Crippen molar-refractivity contribution in [1.29, 1.82) is 0 Å². The van der Waals surface area contributed by atoms with E-state index in [1.807, 2.05) is 0 Å². The molecule has 1 amide bonds. The van der Waals surface area contributed by atoms with Gasteiger partial charge in [0.25, 0.3) is 5.91 Å². The smallest absolute Gasteiger partial charge is 0.291 e. The van der Waals surface area contributed by atoms with Crippen LogP contribution in [0.15, 0.2) is 59.0 Å². The molecular formula is C20H18FNO5. The molecule has 0 saturated carbocycles. The Balaban J connectivity index is 1.63. The summed E-state index contributed by atoms with van der Waals surface area (Å²) in [5, 5.41) is 2.73. The lowest BCUT2D eigenvalue weighted by Gasteiger charge is -2.10. The van der Waals surface area contributed by atoms with Crippen molar-refractivity contribution in [2.45, 2.75) is 6.61 Å². The van der Waals surface area contributed by atoms with E-state index in [1.54, 1.807) is 37.4 Å². The highest BCUT2D eigenvalue weighted by molar-refractivity contribution is 6.03. The Morgan fingerprint density at radius 3 is 2.44 bits per heavy atom. The van der Waals surface area contributed by atoms with E-state index in [9.17, 15) is 9.18 Å². The molecule has 0 aliphatic rings. The molecule has 140 valence electrons. The molecule has 6 nitrogen and oxygen atoms in total. The van der Waals surface area contributed by atoms with Gasteiger partial charge >= 0.3 is 0 Å². The highest BCUT2D eigenvalue weighted by atomic mass is 19.1. The molecule has 1 aromatic heterocycles. The van der Waals surface area contributed by atoms with E-state index < -0.39 is 5.91 Å². The number of benzene rings is 2. The number of methoxy groups -OCH3 is 2. The normalized spacial score (nSPS) is 10.3. The first-order chi connectivity index (χ1) is 13.1. The minimum atomic E-state index is -0.425. The van der Waals surface area contributed by atoms with Gasteiger partial charge in [0.1, 0.15) is 35.4 Å². The van der Waals surface area contributed by atoms with Crippen molar-refractivity contribution in [3.05, 3.63) is 71.9 Å². The molecular weight excluding hydrogens is 353 g/mol. The van der Waals surface area contributed by atoms with Crippen LogP contribution in [0.5, 0.6) is 17.2 Å². The van der Waals surface area contributed by atoms with Crippen LogP contribution in [0.3, 0.4) is 0 Å². The van der Waals surface area contributed by atoms with Crippen molar-refractivity contribution in [2.75, 3.05) is 19.5 Å². The molecule has 1 N–H and O–H groups in total. The Morgan fingerprint density at radius 2 is 1.74 bits per heavy atom. The SMILES string of the molecule is COc1ccc(NC(=O)c2ccc(COc3ccc(F)cc3)o2)c(OC)c1. The van der Waals surface area contributed by atoms with Gasteiger partial charge in [0, 0.05) is 6.07 Å². The lowest BCUT2D eigenvalue weighted by molar-refractivity contribution is 0.0992. The number of carbonyl (C=O) groups excluding carboxylic acids is 1. The predicted molar refractivity (Wildman–Crippen MR) is 96.9 cm³/mol. The Labute approximate surface area is 155 Å². The van der Waals surface area contributed by atoms with Crippen LogP contribution in [0.1, 0.15) is 16.3 Å². The van der Waals surface area contributed by atoms with E-state index in [-0.39, 0.29) is 18.2 Å². The molecule has 0 atom stereocenters. The van der Waals surface area contributed by atoms with Gasteiger partial charge in [0.2, 0.25) is 0 Å². The fourth-order valence-corrected chi connectivity index (χ4v) is 2.35. The molecule has 0 aliphatic carbocycles. The number of nitrogens with one attached hydrogen (secondary N) is 1. The van der Waals surface area contributed by atoms with Crippen molar-refractivity contribution in [1.82, 2.24) is 0 Å². The van der Waals surface area contributed by atoms with Gasteiger partial charge in [-0.25, -0.2) is 4.39 Å². The van der Waals surface area contributed by atoms with E-state index in [2.05, 4.69) is 5.32 Å². The summed E-state index contributed by atoms with van der Waals surface area (Å²) in [6.45, 7) is 0.116. The average molecular weight is 371 g/mol. The summed E-state index contributed by atoms with van der Waals surface area (Å²) < 4.78 is 34.3. The molecule has 0 spiro atoms. The third-order valence-electron chi connectivity index (χ3n) is 3.74. The molecule has 3 rings (SSSR count). The molecule has 0 bridgehead atoms. The quantitative estimate of drug-likeness (QED) is 0.672. The number of ether oxygens (including phenoxy) is 3. The zero-order chi connectivity index (χ0) is 19.2. The number of carbonyl (C=O) groups is 1. The first kappa shape index (κ1) is 18.3. The highest BCUT2D eigenvalue weighted by Gasteiger charge is 2.14. The van der Waals surface area contributed by atoms with Gasteiger partial charge in [0.15, 0.2) is 5.76 Å². The average Bonchev–Trinajstić information content (AvgIpc) is 3.17. The third-order valence-corrected chi connectivity index (χ3v) is 3.74. The number of hydrogen-bond donors (Lipinski definition) is 1. The Morgan fingerprint density at radius 1 is 1.00 bits per heavy atom. The summed E-state index contributed by atoms with van der Waals surface area (Å²) in [6, 6.07) is 13.9. The Bertz CT molecular complexity index is 920. The topological polar surface area (TPSA) is 69.9 Å². The minimum Gasteiger partial charge on any atom is -0.497 e. The molecule has 0 unspecified atom stereocenters. The fraction of sp³-hybridized carbons (Fsp3) is 0.150. The van der Waals surface area contributed by atoms with Gasteiger partial charge in [-0.15, -0.1) is 0 Å². The predicted octanol–water partition coefficient (Wildman–Crippen LogP) is 4.27. The van der Waals surface area contributed by atoms with Gasteiger partial charge in [-0.1, -0.05) is 0 Å². The van der Waals surface area contributed by atoms with E-state index in [0.717, 1.165) is 0 Å². The molecule has 3 aromatic rings. The van der Waals surface area contributed by atoms with Crippen molar-refractivity contribution in [2.24, 2.45) is 0 Å². The summed E-state index contributed by atoms with van der Waals surface area (Å²) >= 11 is 0. The lowest BCUT2D eigenvalue weighted by Crippen LogP contribution is -2.11. The summed E-state index contributed by atoms with van der Waals surface area (Å²) in [5.41, 5.74) is 0.490. The van der Waals surface area contributed by atoms with E-state index >= 15 is 0 Å². The Kier molecular flexibility index (Phi) is 5.61. The largest absolute Gasteiger partial charge is 0.497 e. The zero-order valence-electron chi connectivity index (χ0n) is 14.8. The van der Waals surface area contributed by atoms with Gasteiger partial charge in [-0.3, -0.25) is 4.79 Å². The lowest BCUT2D eigenvalue weighted by atomic mass is 10.2. The molecule has 7 heteroatoms. The standard InChI is InChI=1S/C20H18FNO5/c1-24-15-7-9-17(19(11-15)25-2)22-20(23)18-10-8-16(27-18)12-26-14-5-3-13(21)4-6-14/h3-11H,12H2,1-2H3,(H,22,23). The first-order valence-corrected chi connectivity index (χ1v) is 8.09. The second kappa shape index (κ2) is 8.27. The van der Waals surface area contributed by atoms with Crippen molar-refractivity contribution in [3.63, 3.8) is 0 Å². The molecule has 0 fully saturated rings. The van der Waals surface area contributed by atoms with Gasteiger partial charge in [0.05, 0.1) is 19.9 Å². The van der Waals surface area contributed by atoms with Crippen LogP contribution in [-0.4, -0.2) is 20.1 Å². The minimum absolute atomic E-state index is 0.116. The molecule has 0 radical (unpaired) electrons. The Hall–Kier alpha value is -3.48. The number of rotatable bonds is 7. The second-order valence-corrected chi connectivity index (χ2v) is 5.53. The van der Waals surface area contributed by atoms with Crippen molar-refractivity contribution >= 4 is 11.6 Å². The zero-order valence-corrected chi connectivity index (χ0v) is 14.8. The highest BCUT2D eigenvalue weighted by Crippen LogP contribution is 2.29. The maximum atomic E-state index is 12.9. The summed E-state index contributed by atoms with van der Waals surface area (Å²) in [5.74, 6) is 1.41. The van der Waals surface area contributed by atoms with E-state index in [1.165, 1.54) is 31.4 Å².